The van der Waals surface area contributed by atoms with Crippen LogP contribution in [0, 0.1) is 5.92 Å². The summed E-state index contributed by atoms with van der Waals surface area (Å²) in [6.07, 6.45) is 4.93. The summed E-state index contributed by atoms with van der Waals surface area (Å²) < 4.78 is 0.891. The predicted octanol–water partition coefficient (Wildman–Crippen LogP) is 3.34. The van der Waals surface area contributed by atoms with Gasteiger partial charge in [-0.05, 0) is 30.9 Å². The second kappa shape index (κ2) is 4.54. The van der Waals surface area contributed by atoms with Crippen molar-refractivity contribution < 1.29 is 5.11 Å². The number of rotatable bonds is 2. The van der Waals surface area contributed by atoms with Crippen molar-refractivity contribution in [1.29, 1.82) is 0 Å². The monoisotopic (exact) mass is 269 g/mol. The van der Waals surface area contributed by atoms with Gasteiger partial charge in [0.2, 0.25) is 0 Å². The fourth-order valence-electron chi connectivity index (χ4n) is 2.37. The van der Waals surface area contributed by atoms with E-state index in [1.807, 2.05) is 12.1 Å². The van der Waals surface area contributed by atoms with E-state index in [2.05, 4.69) is 15.9 Å². The van der Waals surface area contributed by atoms with Crippen molar-refractivity contribution >= 4 is 15.9 Å². The SMILES string of the molecule is N[C@H](c1ccc(Br)cc1O)C1CCCC1. The number of benzene rings is 1. The highest BCUT2D eigenvalue weighted by molar-refractivity contribution is 9.10. The van der Waals surface area contributed by atoms with Crippen molar-refractivity contribution in [1.82, 2.24) is 0 Å². The van der Waals surface area contributed by atoms with E-state index in [1.54, 1.807) is 6.07 Å². The molecule has 0 radical (unpaired) electrons. The highest BCUT2D eigenvalue weighted by Crippen LogP contribution is 2.37. The van der Waals surface area contributed by atoms with E-state index < -0.39 is 0 Å². The number of aromatic hydroxyl groups is 1. The number of hydrogen-bond donors (Lipinski definition) is 2. The molecule has 82 valence electrons. The van der Waals surface area contributed by atoms with Crippen LogP contribution < -0.4 is 5.73 Å². The van der Waals surface area contributed by atoms with Gasteiger partial charge in [0.15, 0.2) is 0 Å². The molecular weight excluding hydrogens is 254 g/mol. The standard InChI is InChI=1S/C12H16BrNO/c13-9-5-6-10(11(15)7-9)12(14)8-3-1-2-4-8/h5-8,12,15H,1-4,14H2/t12-/m0/s1. The van der Waals surface area contributed by atoms with Gasteiger partial charge in [0.1, 0.15) is 5.75 Å². The van der Waals surface area contributed by atoms with Gasteiger partial charge < -0.3 is 10.8 Å². The van der Waals surface area contributed by atoms with E-state index in [0.29, 0.717) is 11.7 Å². The molecule has 2 nitrogen and oxygen atoms in total. The number of halogens is 1. The molecule has 15 heavy (non-hydrogen) atoms. The summed E-state index contributed by atoms with van der Waals surface area (Å²) in [6, 6.07) is 5.55. The zero-order valence-corrected chi connectivity index (χ0v) is 10.2. The molecule has 0 aromatic heterocycles. The van der Waals surface area contributed by atoms with Crippen molar-refractivity contribution in [3.63, 3.8) is 0 Å². The average Bonchev–Trinajstić information content (AvgIpc) is 2.69. The Labute approximate surface area is 98.6 Å². The van der Waals surface area contributed by atoms with Gasteiger partial charge in [0.25, 0.3) is 0 Å². The second-order valence-electron chi connectivity index (χ2n) is 4.27. The van der Waals surface area contributed by atoms with E-state index >= 15 is 0 Å². The summed E-state index contributed by atoms with van der Waals surface area (Å²) in [5.41, 5.74) is 7.06. The summed E-state index contributed by atoms with van der Waals surface area (Å²) in [5.74, 6) is 0.848. The number of phenols is 1. The van der Waals surface area contributed by atoms with Gasteiger partial charge in [-0.25, -0.2) is 0 Å². The van der Waals surface area contributed by atoms with Gasteiger partial charge in [-0.3, -0.25) is 0 Å². The summed E-state index contributed by atoms with van der Waals surface area (Å²) in [5, 5.41) is 9.81. The Balaban J connectivity index is 2.20. The summed E-state index contributed by atoms with van der Waals surface area (Å²) >= 11 is 3.33. The fraction of sp³-hybridized carbons (Fsp3) is 0.500. The molecule has 0 bridgehead atoms. The Bertz CT molecular complexity index is 347. The Hall–Kier alpha value is -0.540. The minimum Gasteiger partial charge on any atom is -0.508 e. The van der Waals surface area contributed by atoms with Crippen LogP contribution in [0.3, 0.4) is 0 Å². The van der Waals surface area contributed by atoms with Crippen LogP contribution in [-0.2, 0) is 0 Å². The van der Waals surface area contributed by atoms with Gasteiger partial charge in [-0.1, -0.05) is 34.8 Å². The van der Waals surface area contributed by atoms with Crippen LogP contribution in [0.15, 0.2) is 22.7 Å². The Morgan fingerprint density at radius 3 is 2.60 bits per heavy atom. The quantitative estimate of drug-likeness (QED) is 0.865. The lowest BCUT2D eigenvalue weighted by Crippen LogP contribution is -2.19. The minimum atomic E-state index is -0.0133. The minimum absolute atomic E-state index is 0.0133. The van der Waals surface area contributed by atoms with Crippen molar-refractivity contribution in [2.75, 3.05) is 0 Å². The van der Waals surface area contributed by atoms with E-state index in [9.17, 15) is 5.11 Å². The first-order valence-corrected chi connectivity index (χ1v) is 6.22. The maximum Gasteiger partial charge on any atom is 0.121 e. The molecule has 1 fully saturated rings. The second-order valence-corrected chi connectivity index (χ2v) is 5.19. The third kappa shape index (κ3) is 2.34. The maximum atomic E-state index is 9.81. The Morgan fingerprint density at radius 2 is 2.00 bits per heavy atom. The molecule has 3 heteroatoms. The van der Waals surface area contributed by atoms with Crippen molar-refractivity contribution in [3.05, 3.63) is 28.2 Å². The molecule has 0 aliphatic heterocycles. The zero-order valence-electron chi connectivity index (χ0n) is 8.62. The molecule has 3 N–H and O–H groups in total. The Morgan fingerprint density at radius 1 is 1.33 bits per heavy atom. The zero-order chi connectivity index (χ0) is 10.8. The van der Waals surface area contributed by atoms with Gasteiger partial charge in [-0.15, -0.1) is 0 Å². The fourth-order valence-corrected chi connectivity index (χ4v) is 2.72. The van der Waals surface area contributed by atoms with Crippen molar-refractivity contribution in [3.8, 4) is 5.75 Å². The highest BCUT2D eigenvalue weighted by atomic mass is 79.9. The molecule has 2 rings (SSSR count). The smallest absolute Gasteiger partial charge is 0.121 e. The van der Waals surface area contributed by atoms with E-state index in [4.69, 9.17) is 5.73 Å². The summed E-state index contributed by atoms with van der Waals surface area (Å²) in [7, 11) is 0. The average molecular weight is 270 g/mol. The topological polar surface area (TPSA) is 46.2 Å². The number of hydrogen-bond acceptors (Lipinski definition) is 2. The van der Waals surface area contributed by atoms with Crippen LogP contribution in [0.5, 0.6) is 5.75 Å². The molecule has 1 atom stereocenters. The molecule has 1 aromatic carbocycles. The van der Waals surface area contributed by atoms with Gasteiger partial charge in [0.05, 0.1) is 0 Å². The van der Waals surface area contributed by atoms with Crippen LogP contribution >= 0.6 is 15.9 Å². The van der Waals surface area contributed by atoms with Crippen LogP contribution in [-0.4, -0.2) is 5.11 Å². The van der Waals surface area contributed by atoms with E-state index in [0.717, 1.165) is 10.0 Å². The van der Waals surface area contributed by atoms with Crippen molar-refractivity contribution in [2.24, 2.45) is 11.7 Å². The van der Waals surface area contributed by atoms with Crippen LogP contribution in [0.1, 0.15) is 37.3 Å². The Kier molecular flexibility index (Phi) is 3.32. The molecule has 1 aromatic rings. The lowest BCUT2D eigenvalue weighted by molar-refractivity contribution is 0.412. The van der Waals surface area contributed by atoms with Crippen LogP contribution in [0.25, 0.3) is 0 Å². The lowest BCUT2D eigenvalue weighted by Gasteiger charge is -2.20. The van der Waals surface area contributed by atoms with Gasteiger partial charge in [-0.2, -0.15) is 0 Å². The lowest BCUT2D eigenvalue weighted by atomic mass is 9.92. The largest absolute Gasteiger partial charge is 0.508 e. The third-order valence-corrected chi connectivity index (χ3v) is 3.75. The van der Waals surface area contributed by atoms with Gasteiger partial charge in [0, 0.05) is 16.1 Å². The van der Waals surface area contributed by atoms with Crippen LogP contribution in [0.2, 0.25) is 0 Å². The first-order chi connectivity index (χ1) is 7.18. The van der Waals surface area contributed by atoms with Crippen LogP contribution in [0.4, 0.5) is 0 Å². The molecule has 0 spiro atoms. The predicted molar refractivity (Wildman–Crippen MR) is 64.7 cm³/mol. The number of phenolic OH excluding ortho intramolecular Hbond substituents is 1. The molecule has 0 saturated heterocycles. The van der Waals surface area contributed by atoms with Crippen molar-refractivity contribution in [2.45, 2.75) is 31.7 Å². The maximum absolute atomic E-state index is 9.81. The molecule has 1 saturated carbocycles. The molecule has 0 unspecified atom stereocenters. The van der Waals surface area contributed by atoms with E-state index in [1.165, 1.54) is 25.7 Å². The first-order valence-electron chi connectivity index (χ1n) is 5.42. The normalized spacial score (nSPS) is 19.3. The number of nitrogens with two attached hydrogens (primary N) is 1. The third-order valence-electron chi connectivity index (χ3n) is 3.26. The molecule has 0 heterocycles. The highest BCUT2D eigenvalue weighted by Gasteiger charge is 2.24. The summed E-state index contributed by atoms with van der Waals surface area (Å²) in [6.45, 7) is 0. The molecule has 0 amide bonds. The first kappa shape index (κ1) is 11.0. The summed E-state index contributed by atoms with van der Waals surface area (Å²) in [4.78, 5) is 0. The molecular formula is C12H16BrNO. The van der Waals surface area contributed by atoms with Gasteiger partial charge >= 0.3 is 0 Å². The van der Waals surface area contributed by atoms with E-state index in [-0.39, 0.29) is 6.04 Å². The molecule has 1 aliphatic carbocycles. The molecule has 1 aliphatic rings.